The van der Waals surface area contributed by atoms with Crippen molar-refractivity contribution in [3.63, 3.8) is 0 Å². The van der Waals surface area contributed by atoms with Gasteiger partial charge in [0.2, 0.25) is 0 Å². The minimum Gasteiger partial charge on any atom is -0.310 e. The topological polar surface area (TPSA) is 24.9 Å². The minimum absolute atomic E-state index is 0.287. The molecule has 1 atom stereocenters. The molecule has 6 heteroatoms. The van der Waals surface area contributed by atoms with E-state index >= 15 is 0 Å². The van der Waals surface area contributed by atoms with Crippen LogP contribution in [-0.4, -0.2) is 11.5 Å². The number of alkyl halides is 3. The maximum absolute atomic E-state index is 13.1. The highest BCUT2D eigenvalue weighted by Crippen LogP contribution is 2.35. The molecule has 0 aliphatic heterocycles. The average Bonchev–Trinajstić information content (AvgIpc) is 2.90. The summed E-state index contributed by atoms with van der Waals surface area (Å²) in [4.78, 5) is 4.93. The maximum Gasteiger partial charge on any atom is 0.416 e. The number of hydrogen-bond acceptors (Lipinski definition) is 3. The van der Waals surface area contributed by atoms with Crippen molar-refractivity contribution in [2.24, 2.45) is 0 Å². The Morgan fingerprint density at radius 3 is 2.65 bits per heavy atom. The van der Waals surface area contributed by atoms with Crippen molar-refractivity contribution in [1.29, 1.82) is 0 Å². The molecule has 0 aliphatic carbocycles. The number of halogens is 3. The molecule has 1 aromatic carbocycles. The number of benzene rings is 1. The molecule has 0 aliphatic rings. The van der Waals surface area contributed by atoms with Gasteiger partial charge in [-0.15, -0.1) is 11.3 Å². The summed E-state index contributed by atoms with van der Waals surface area (Å²) in [6.07, 6.45) is -2.13. The van der Waals surface area contributed by atoms with Crippen LogP contribution in [0.1, 0.15) is 29.0 Å². The van der Waals surface area contributed by atoms with Crippen molar-refractivity contribution >= 4 is 11.3 Å². The highest BCUT2D eigenvalue weighted by molar-refractivity contribution is 7.09. The van der Waals surface area contributed by atoms with Crippen LogP contribution in [0.2, 0.25) is 0 Å². The van der Waals surface area contributed by atoms with E-state index in [-0.39, 0.29) is 11.6 Å². The molecule has 108 valence electrons. The molecular formula is C14H15F3N2S. The van der Waals surface area contributed by atoms with Gasteiger partial charge >= 0.3 is 6.18 Å². The Bertz CT molecular complexity index is 538. The second-order valence-electron chi connectivity index (χ2n) is 4.37. The largest absolute Gasteiger partial charge is 0.416 e. The van der Waals surface area contributed by atoms with Crippen molar-refractivity contribution < 1.29 is 13.2 Å². The first-order valence-electron chi connectivity index (χ1n) is 6.29. The first-order chi connectivity index (χ1) is 9.52. The van der Waals surface area contributed by atoms with E-state index in [4.69, 9.17) is 0 Å². The first-order valence-corrected chi connectivity index (χ1v) is 7.17. The van der Waals surface area contributed by atoms with Gasteiger partial charge in [0.05, 0.1) is 11.1 Å². The van der Waals surface area contributed by atoms with Crippen molar-refractivity contribution in [2.45, 2.75) is 25.6 Å². The summed E-state index contributed by atoms with van der Waals surface area (Å²) in [7, 11) is 0. The molecule has 20 heavy (non-hydrogen) atoms. The molecule has 1 unspecified atom stereocenters. The van der Waals surface area contributed by atoms with Gasteiger partial charge in [-0.25, -0.2) is 0 Å². The molecule has 1 aromatic heterocycles. The monoisotopic (exact) mass is 300 g/mol. The molecule has 0 bridgehead atoms. The Morgan fingerprint density at radius 1 is 1.30 bits per heavy atom. The van der Waals surface area contributed by atoms with Crippen LogP contribution < -0.4 is 5.32 Å². The zero-order chi connectivity index (χ0) is 14.6. The Morgan fingerprint density at radius 2 is 2.05 bits per heavy atom. The third kappa shape index (κ3) is 3.58. The van der Waals surface area contributed by atoms with Crippen LogP contribution in [0.15, 0.2) is 36.0 Å². The van der Waals surface area contributed by atoms with Crippen LogP contribution in [-0.2, 0) is 12.6 Å². The quantitative estimate of drug-likeness (QED) is 0.901. The predicted octanol–water partition coefficient (Wildman–Crippen LogP) is 4.06. The summed E-state index contributed by atoms with van der Waals surface area (Å²) >= 11 is 1.45. The van der Waals surface area contributed by atoms with Gasteiger partial charge in [0, 0.05) is 23.5 Å². The van der Waals surface area contributed by atoms with Crippen LogP contribution in [0.3, 0.4) is 0 Å². The molecule has 2 rings (SSSR count). The number of hydrogen-bond donors (Lipinski definition) is 1. The highest BCUT2D eigenvalue weighted by atomic mass is 32.1. The van der Waals surface area contributed by atoms with Crippen LogP contribution in [0, 0.1) is 0 Å². The Kier molecular flexibility index (Phi) is 4.77. The van der Waals surface area contributed by atoms with Gasteiger partial charge in [0.25, 0.3) is 0 Å². The zero-order valence-electron chi connectivity index (χ0n) is 10.9. The Balaban J connectivity index is 2.34. The number of likely N-dealkylation sites (N-methyl/N-ethyl adjacent to an activating group) is 1. The standard InChI is InChI=1S/C14H15F3N2S/c1-2-19-13(7-10-8-18-9-20-10)11-5-3-4-6-12(11)14(15,16)17/h3-6,8-9,13,19H,2,7H2,1H3. The first kappa shape index (κ1) is 15.0. The lowest BCUT2D eigenvalue weighted by atomic mass is 9.97. The number of nitrogens with zero attached hydrogens (tertiary/aromatic N) is 1. The Labute approximate surface area is 119 Å². The highest BCUT2D eigenvalue weighted by Gasteiger charge is 2.34. The summed E-state index contributed by atoms with van der Waals surface area (Å²) < 4.78 is 39.3. The van der Waals surface area contributed by atoms with Crippen LogP contribution in [0.5, 0.6) is 0 Å². The molecule has 2 nitrogen and oxygen atoms in total. The molecule has 1 heterocycles. The molecule has 0 spiro atoms. The van der Waals surface area contributed by atoms with Crippen molar-refractivity contribution in [1.82, 2.24) is 10.3 Å². The lowest BCUT2D eigenvalue weighted by molar-refractivity contribution is -0.138. The van der Waals surface area contributed by atoms with Crippen LogP contribution in [0.4, 0.5) is 13.2 Å². The number of nitrogens with one attached hydrogen (secondary N) is 1. The van der Waals surface area contributed by atoms with Crippen molar-refractivity contribution in [3.05, 3.63) is 52.0 Å². The van der Waals surface area contributed by atoms with Gasteiger partial charge in [-0.2, -0.15) is 13.2 Å². The summed E-state index contributed by atoms with van der Waals surface area (Å²) in [5, 5.41) is 3.13. The molecule has 0 fully saturated rings. The van der Waals surface area contributed by atoms with E-state index in [2.05, 4.69) is 10.3 Å². The number of aromatic nitrogens is 1. The lowest BCUT2D eigenvalue weighted by Gasteiger charge is -2.22. The summed E-state index contributed by atoms with van der Waals surface area (Å²) in [5.74, 6) is 0. The maximum atomic E-state index is 13.1. The van der Waals surface area contributed by atoms with E-state index in [1.807, 2.05) is 6.92 Å². The van der Waals surface area contributed by atoms with Gasteiger partial charge in [-0.05, 0) is 18.2 Å². The predicted molar refractivity (Wildman–Crippen MR) is 73.7 cm³/mol. The second kappa shape index (κ2) is 6.37. The van der Waals surface area contributed by atoms with E-state index in [0.717, 1.165) is 10.9 Å². The van der Waals surface area contributed by atoms with E-state index in [9.17, 15) is 13.2 Å². The van der Waals surface area contributed by atoms with Gasteiger partial charge in [0.15, 0.2) is 0 Å². The molecule has 0 saturated carbocycles. The fourth-order valence-corrected chi connectivity index (χ4v) is 2.78. The normalized spacial score (nSPS) is 13.4. The average molecular weight is 300 g/mol. The van der Waals surface area contributed by atoms with Gasteiger partial charge in [0.1, 0.15) is 0 Å². The smallest absolute Gasteiger partial charge is 0.310 e. The second-order valence-corrected chi connectivity index (χ2v) is 5.34. The van der Waals surface area contributed by atoms with Crippen molar-refractivity contribution in [2.75, 3.05) is 6.54 Å². The van der Waals surface area contributed by atoms with E-state index in [1.54, 1.807) is 17.8 Å². The molecule has 2 aromatic rings. The van der Waals surface area contributed by atoms with E-state index < -0.39 is 11.7 Å². The summed E-state index contributed by atoms with van der Waals surface area (Å²) in [6, 6.07) is 5.37. The number of thiazole rings is 1. The molecule has 0 saturated heterocycles. The SMILES string of the molecule is CCNC(Cc1cncs1)c1ccccc1C(F)(F)F. The molecule has 0 amide bonds. The lowest BCUT2D eigenvalue weighted by Crippen LogP contribution is -2.25. The van der Waals surface area contributed by atoms with Gasteiger partial charge in [-0.3, -0.25) is 4.98 Å². The Hall–Kier alpha value is -1.40. The third-order valence-electron chi connectivity index (χ3n) is 2.98. The summed E-state index contributed by atoms with van der Waals surface area (Å²) in [5.41, 5.74) is 1.40. The molecule has 0 radical (unpaired) electrons. The van der Waals surface area contributed by atoms with Gasteiger partial charge in [-0.1, -0.05) is 25.1 Å². The zero-order valence-corrected chi connectivity index (χ0v) is 11.8. The molecule has 1 N–H and O–H groups in total. The minimum atomic E-state index is -4.34. The van der Waals surface area contributed by atoms with E-state index in [0.29, 0.717) is 13.0 Å². The van der Waals surface area contributed by atoms with E-state index in [1.165, 1.54) is 23.5 Å². The third-order valence-corrected chi connectivity index (χ3v) is 3.78. The van der Waals surface area contributed by atoms with Crippen LogP contribution >= 0.6 is 11.3 Å². The number of rotatable bonds is 5. The van der Waals surface area contributed by atoms with Gasteiger partial charge < -0.3 is 5.32 Å². The fraction of sp³-hybridized carbons (Fsp3) is 0.357. The van der Waals surface area contributed by atoms with Crippen LogP contribution in [0.25, 0.3) is 0 Å². The molecular weight excluding hydrogens is 285 g/mol. The van der Waals surface area contributed by atoms with Crippen molar-refractivity contribution in [3.8, 4) is 0 Å². The summed E-state index contributed by atoms with van der Waals surface area (Å²) in [6.45, 7) is 2.49. The fourth-order valence-electron chi connectivity index (χ4n) is 2.14.